The van der Waals surface area contributed by atoms with Gasteiger partial charge in [0.1, 0.15) is 0 Å². The lowest BCUT2D eigenvalue weighted by Gasteiger charge is -2.40. The first-order valence-electron chi connectivity index (χ1n) is 8.15. The zero-order chi connectivity index (χ0) is 13.8. The third kappa shape index (κ3) is 4.20. The molecular formula is C16H30N2O. The SMILES string of the molecule is CCCN(CC(=O)N1C(C)CCCC1C)CC1CC1. The quantitative estimate of drug-likeness (QED) is 0.738. The van der Waals surface area contributed by atoms with Gasteiger partial charge in [-0.05, 0) is 64.8 Å². The summed E-state index contributed by atoms with van der Waals surface area (Å²) in [6.07, 6.45) is 7.49. The molecule has 19 heavy (non-hydrogen) atoms. The molecule has 2 atom stereocenters. The van der Waals surface area contributed by atoms with E-state index in [4.69, 9.17) is 0 Å². The van der Waals surface area contributed by atoms with Crippen LogP contribution in [0.5, 0.6) is 0 Å². The Morgan fingerprint density at radius 3 is 2.32 bits per heavy atom. The molecule has 0 aromatic heterocycles. The van der Waals surface area contributed by atoms with Crippen molar-refractivity contribution in [1.29, 1.82) is 0 Å². The molecule has 3 heteroatoms. The van der Waals surface area contributed by atoms with Crippen LogP contribution in [0.25, 0.3) is 0 Å². The Morgan fingerprint density at radius 2 is 1.79 bits per heavy atom. The number of piperidine rings is 1. The smallest absolute Gasteiger partial charge is 0.237 e. The van der Waals surface area contributed by atoms with Gasteiger partial charge >= 0.3 is 0 Å². The summed E-state index contributed by atoms with van der Waals surface area (Å²) < 4.78 is 0. The average molecular weight is 266 g/mol. The van der Waals surface area contributed by atoms with Crippen molar-refractivity contribution < 1.29 is 4.79 Å². The van der Waals surface area contributed by atoms with Crippen LogP contribution in [0, 0.1) is 5.92 Å². The Bertz CT molecular complexity index is 291. The highest BCUT2D eigenvalue weighted by atomic mass is 16.2. The topological polar surface area (TPSA) is 23.6 Å². The van der Waals surface area contributed by atoms with Gasteiger partial charge in [-0.1, -0.05) is 6.92 Å². The maximum absolute atomic E-state index is 12.6. The molecule has 0 bridgehead atoms. The third-order valence-corrected chi connectivity index (χ3v) is 4.59. The molecule has 1 saturated heterocycles. The first-order valence-corrected chi connectivity index (χ1v) is 8.15. The number of hydrogen-bond donors (Lipinski definition) is 0. The normalized spacial score (nSPS) is 27.9. The molecule has 2 rings (SSSR count). The van der Waals surface area contributed by atoms with Crippen molar-refractivity contribution >= 4 is 5.91 Å². The molecule has 3 nitrogen and oxygen atoms in total. The highest BCUT2D eigenvalue weighted by molar-refractivity contribution is 5.79. The standard InChI is InChI=1S/C16H30N2O/c1-4-10-17(11-15-8-9-15)12-16(19)18-13(2)6-5-7-14(18)3/h13-15H,4-12H2,1-3H3. The van der Waals surface area contributed by atoms with Crippen LogP contribution >= 0.6 is 0 Å². The fraction of sp³-hybridized carbons (Fsp3) is 0.938. The first-order chi connectivity index (χ1) is 9.11. The molecule has 1 aliphatic heterocycles. The van der Waals surface area contributed by atoms with Crippen molar-refractivity contribution in [3.8, 4) is 0 Å². The lowest BCUT2D eigenvalue weighted by Crippen LogP contribution is -2.51. The second-order valence-electron chi connectivity index (χ2n) is 6.61. The van der Waals surface area contributed by atoms with Gasteiger partial charge in [0.05, 0.1) is 6.54 Å². The van der Waals surface area contributed by atoms with Gasteiger partial charge in [-0.3, -0.25) is 9.69 Å². The molecular weight excluding hydrogens is 236 g/mol. The molecule has 0 aromatic carbocycles. The van der Waals surface area contributed by atoms with E-state index in [2.05, 4.69) is 30.6 Å². The largest absolute Gasteiger partial charge is 0.336 e. The Labute approximate surface area is 118 Å². The lowest BCUT2D eigenvalue weighted by molar-refractivity contribution is -0.138. The van der Waals surface area contributed by atoms with E-state index in [-0.39, 0.29) is 0 Å². The Kier molecular flexibility index (Phi) is 5.26. The van der Waals surface area contributed by atoms with Crippen LogP contribution in [-0.4, -0.2) is 47.4 Å². The van der Waals surface area contributed by atoms with Gasteiger partial charge in [-0.2, -0.15) is 0 Å². The van der Waals surface area contributed by atoms with Gasteiger partial charge < -0.3 is 4.90 Å². The molecule has 110 valence electrons. The summed E-state index contributed by atoms with van der Waals surface area (Å²) in [5, 5.41) is 0. The van der Waals surface area contributed by atoms with E-state index in [1.807, 2.05) is 0 Å². The molecule has 1 amide bonds. The van der Waals surface area contributed by atoms with E-state index >= 15 is 0 Å². The molecule has 2 fully saturated rings. The molecule has 0 N–H and O–H groups in total. The van der Waals surface area contributed by atoms with Gasteiger partial charge in [0.2, 0.25) is 5.91 Å². The van der Waals surface area contributed by atoms with Crippen LogP contribution in [-0.2, 0) is 4.79 Å². The molecule has 0 spiro atoms. The molecule has 1 aliphatic carbocycles. The first kappa shape index (κ1) is 14.8. The molecule has 0 aromatic rings. The van der Waals surface area contributed by atoms with E-state index in [9.17, 15) is 4.79 Å². The number of carbonyl (C=O) groups is 1. The van der Waals surface area contributed by atoms with Gasteiger partial charge in [-0.25, -0.2) is 0 Å². The summed E-state index contributed by atoms with van der Waals surface area (Å²) in [5.74, 6) is 1.23. The highest BCUT2D eigenvalue weighted by Crippen LogP contribution is 2.30. The zero-order valence-electron chi connectivity index (χ0n) is 12.9. The van der Waals surface area contributed by atoms with Crippen LogP contribution < -0.4 is 0 Å². The summed E-state index contributed by atoms with van der Waals surface area (Å²) >= 11 is 0. The van der Waals surface area contributed by atoms with Gasteiger partial charge in [-0.15, -0.1) is 0 Å². The van der Waals surface area contributed by atoms with Crippen molar-refractivity contribution in [3.63, 3.8) is 0 Å². The van der Waals surface area contributed by atoms with E-state index in [1.165, 1.54) is 32.1 Å². The number of likely N-dealkylation sites (tertiary alicyclic amines) is 1. The van der Waals surface area contributed by atoms with E-state index in [0.717, 1.165) is 25.4 Å². The van der Waals surface area contributed by atoms with Crippen LogP contribution in [0.15, 0.2) is 0 Å². The Balaban J connectivity index is 1.88. The monoisotopic (exact) mass is 266 g/mol. The Morgan fingerprint density at radius 1 is 1.16 bits per heavy atom. The zero-order valence-corrected chi connectivity index (χ0v) is 12.9. The van der Waals surface area contributed by atoms with Crippen molar-refractivity contribution in [2.24, 2.45) is 5.92 Å². The van der Waals surface area contributed by atoms with E-state index in [0.29, 0.717) is 24.5 Å². The van der Waals surface area contributed by atoms with Crippen molar-refractivity contribution in [3.05, 3.63) is 0 Å². The number of rotatable bonds is 6. The van der Waals surface area contributed by atoms with Crippen molar-refractivity contribution in [2.45, 2.75) is 71.4 Å². The average Bonchev–Trinajstić information content (AvgIpc) is 3.13. The van der Waals surface area contributed by atoms with Crippen molar-refractivity contribution in [1.82, 2.24) is 9.80 Å². The number of amides is 1. The minimum absolute atomic E-state index is 0.355. The second-order valence-corrected chi connectivity index (χ2v) is 6.61. The fourth-order valence-corrected chi connectivity index (χ4v) is 3.40. The van der Waals surface area contributed by atoms with Crippen LogP contribution in [0.3, 0.4) is 0 Å². The summed E-state index contributed by atoms with van der Waals surface area (Å²) in [6.45, 7) is 9.46. The highest BCUT2D eigenvalue weighted by Gasteiger charge is 2.31. The Hall–Kier alpha value is -0.570. The third-order valence-electron chi connectivity index (χ3n) is 4.59. The van der Waals surface area contributed by atoms with Crippen LogP contribution in [0.1, 0.15) is 59.3 Å². The predicted molar refractivity (Wildman–Crippen MR) is 79.1 cm³/mol. The lowest BCUT2D eigenvalue weighted by atomic mass is 9.97. The maximum Gasteiger partial charge on any atom is 0.237 e. The van der Waals surface area contributed by atoms with Crippen molar-refractivity contribution in [2.75, 3.05) is 19.6 Å². The second kappa shape index (κ2) is 6.74. The predicted octanol–water partition coefficient (Wildman–Crippen LogP) is 2.90. The van der Waals surface area contributed by atoms with Crippen LogP contribution in [0.2, 0.25) is 0 Å². The van der Waals surface area contributed by atoms with Gasteiger partial charge in [0, 0.05) is 18.6 Å². The van der Waals surface area contributed by atoms with Gasteiger partial charge in [0.25, 0.3) is 0 Å². The van der Waals surface area contributed by atoms with Crippen LogP contribution in [0.4, 0.5) is 0 Å². The number of hydrogen-bond acceptors (Lipinski definition) is 2. The minimum atomic E-state index is 0.355. The molecule has 1 saturated carbocycles. The maximum atomic E-state index is 12.6. The number of carbonyl (C=O) groups excluding carboxylic acids is 1. The van der Waals surface area contributed by atoms with E-state index < -0.39 is 0 Å². The summed E-state index contributed by atoms with van der Waals surface area (Å²) in [4.78, 5) is 17.1. The van der Waals surface area contributed by atoms with E-state index in [1.54, 1.807) is 0 Å². The fourth-order valence-electron chi connectivity index (χ4n) is 3.40. The summed E-state index contributed by atoms with van der Waals surface area (Å²) in [5.41, 5.74) is 0. The summed E-state index contributed by atoms with van der Waals surface area (Å²) in [6, 6.07) is 0.862. The summed E-state index contributed by atoms with van der Waals surface area (Å²) in [7, 11) is 0. The number of nitrogens with zero attached hydrogens (tertiary/aromatic N) is 2. The molecule has 2 aliphatic rings. The molecule has 2 unspecified atom stereocenters. The molecule has 0 radical (unpaired) electrons. The van der Waals surface area contributed by atoms with Gasteiger partial charge in [0.15, 0.2) is 0 Å². The molecule has 1 heterocycles. The minimum Gasteiger partial charge on any atom is -0.336 e.